The molecule has 5 nitrogen and oxygen atoms in total. The molecular formula is C12H19N3O2S. The Hall–Kier alpha value is -1.17. The Kier molecular flexibility index (Phi) is 3.85. The van der Waals surface area contributed by atoms with Crippen LogP contribution in [0.3, 0.4) is 0 Å². The SMILES string of the molecule is CC(C)(C)OC(=O)Nc1nnc(CCC2CC2)s1. The summed E-state index contributed by atoms with van der Waals surface area (Å²) in [5.41, 5.74) is -0.496. The van der Waals surface area contributed by atoms with Crippen molar-refractivity contribution in [1.29, 1.82) is 0 Å². The minimum Gasteiger partial charge on any atom is -0.444 e. The van der Waals surface area contributed by atoms with Gasteiger partial charge in [0.05, 0.1) is 0 Å². The van der Waals surface area contributed by atoms with E-state index in [1.807, 2.05) is 20.8 Å². The van der Waals surface area contributed by atoms with Crippen LogP contribution in [-0.2, 0) is 11.2 Å². The van der Waals surface area contributed by atoms with E-state index < -0.39 is 11.7 Å². The van der Waals surface area contributed by atoms with E-state index in [0.717, 1.165) is 17.3 Å². The summed E-state index contributed by atoms with van der Waals surface area (Å²) in [6, 6.07) is 0. The van der Waals surface area contributed by atoms with Crippen LogP contribution in [0, 0.1) is 5.92 Å². The van der Waals surface area contributed by atoms with E-state index in [-0.39, 0.29) is 0 Å². The fourth-order valence-electron chi connectivity index (χ4n) is 1.53. The summed E-state index contributed by atoms with van der Waals surface area (Å²) in [5, 5.41) is 12.1. The number of aromatic nitrogens is 2. The van der Waals surface area contributed by atoms with E-state index in [4.69, 9.17) is 4.74 Å². The monoisotopic (exact) mass is 269 g/mol. The molecule has 1 N–H and O–H groups in total. The van der Waals surface area contributed by atoms with E-state index in [0.29, 0.717) is 5.13 Å². The van der Waals surface area contributed by atoms with Crippen molar-refractivity contribution in [1.82, 2.24) is 10.2 Å². The highest BCUT2D eigenvalue weighted by Gasteiger charge is 2.22. The number of carbonyl (C=O) groups excluding carboxylic acids is 1. The molecule has 1 aliphatic rings. The van der Waals surface area contributed by atoms with E-state index in [1.165, 1.54) is 30.6 Å². The molecule has 1 aromatic heterocycles. The average Bonchev–Trinajstić information content (AvgIpc) is 2.94. The second-order valence-corrected chi connectivity index (χ2v) is 6.67. The van der Waals surface area contributed by atoms with Crippen molar-refractivity contribution in [3.8, 4) is 0 Å². The maximum atomic E-state index is 11.5. The van der Waals surface area contributed by atoms with Gasteiger partial charge in [-0.2, -0.15) is 0 Å². The van der Waals surface area contributed by atoms with Gasteiger partial charge < -0.3 is 4.74 Å². The van der Waals surface area contributed by atoms with Gasteiger partial charge in [-0.15, -0.1) is 10.2 Å². The molecule has 2 rings (SSSR count). The zero-order valence-electron chi connectivity index (χ0n) is 11.0. The van der Waals surface area contributed by atoms with E-state index in [1.54, 1.807) is 0 Å². The molecule has 6 heteroatoms. The molecule has 1 aromatic rings. The summed E-state index contributed by atoms with van der Waals surface area (Å²) in [4.78, 5) is 11.5. The average molecular weight is 269 g/mol. The predicted octanol–water partition coefficient (Wildman–Crippen LogP) is 3.23. The van der Waals surface area contributed by atoms with Gasteiger partial charge in [-0.05, 0) is 33.1 Å². The van der Waals surface area contributed by atoms with E-state index in [9.17, 15) is 4.79 Å². The van der Waals surface area contributed by atoms with Gasteiger partial charge in [0.15, 0.2) is 0 Å². The molecule has 1 heterocycles. The van der Waals surface area contributed by atoms with Crippen LogP contribution >= 0.6 is 11.3 Å². The number of carbonyl (C=O) groups is 1. The van der Waals surface area contributed by atoms with Crippen molar-refractivity contribution in [2.24, 2.45) is 5.92 Å². The van der Waals surface area contributed by atoms with Gasteiger partial charge >= 0.3 is 6.09 Å². The zero-order valence-corrected chi connectivity index (χ0v) is 11.8. The van der Waals surface area contributed by atoms with Crippen molar-refractivity contribution in [2.45, 2.75) is 52.1 Å². The second-order valence-electron chi connectivity index (χ2n) is 5.61. The Morgan fingerprint density at radius 1 is 1.44 bits per heavy atom. The highest BCUT2D eigenvalue weighted by atomic mass is 32.1. The molecule has 0 atom stereocenters. The number of rotatable bonds is 4. The molecule has 0 bridgehead atoms. The molecule has 0 spiro atoms. The van der Waals surface area contributed by atoms with Crippen molar-refractivity contribution in [2.75, 3.05) is 5.32 Å². The maximum Gasteiger partial charge on any atom is 0.414 e. The van der Waals surface area contributed by atoms with Crippen LogP contribution in [0.5, 0.6) is 0 Å². The van der Waals surface area contributed by atoms with Crippen molar-refractivity contribution < 1.29 is 9.53 Å². The fraction of sp³-hybridized carbons (Fsp3) is 0.750. The number of amides is 1. The number of ether oxygens (including phenoxy) is 1. The summed E-state index contributed by atoms with van der Waals surface area (Å²) in [5.74, 6) is 0.885. The Labute approximate surface area is 111 Å². The molecule has 1 fully saturated rings. The topological polar surface area (TPSA) is 64.1 Å². The number of hydrogen-bond donors (Lipinski definition) is 1. The number of anilines is 1. The minimum absolute atomic E-state index is 0.479. The van der Waals surface area contributed by atoms with Gasteiger partial charge in [-0.1, -0.05) is 24.2 Å². The van der Waals surface area contributed by atoms with Crippen molar-refractivity contribution >= 4 is 22.6 Å². The second kappa shape index (κ2) is 5.22. The van der Waals surface area contributed by atoms with Gasteiger partial charge in [-0.3, -0.25) is 5.32 Å². The predicted molar refractivity (Wildman–Crippen MR) is 70.8 cm³/mol. The van der Waals surface area contributed by atoms with Crippen molar-refractivity contribution in [3.63, 3.8) is 0 Å². The van der Waals surface area contributed by atoms with Crippen LogP contribution in [0.25, 0.3) is 0 Å². The molecule has 18 heavy (non-hydrogen) atoms. The lowest BCUT2D eigenvalue weighted by Crippen LogP contribution is -2.27. The van der Waals surface area contributed by atoms with E-state index >= 15 is 0 Å². The Bertz CT molecular complexity index is 421. The largest absolute Gasteiger partial charge is 0.444 e. The first kappa shape index (κ1) is 13.3. The zero-order chi connectivity index (χ0) is 13.2. The smallest absolute Gasteiger partial charge is 0.414 e. The van der Waals surface area contributed by atoms with Gasteiger partial charge in [0.25, 0.3) is 0 Å². The summed E-state index contributed by atoms with van der Waals surface area (Å²) >= 11 is 1.42. The van der Waals surface area contributed by atoms with Gasteiger partial charge in [0.1, 0.15) is 10.6 Å². The van der Waals surface area contributed by atoms with Crippen LogP contribution < -0.4 is 5.32 Å². The molecule has 1 amide bonds. The lowest BCUT2D eigenvalue weighted by Gasteiger charge is -2.18. The van der Waals surface area contributed by atoms with Crippen LogP contribution in [0.15, 0.2) is 0 Å². The third-order valence-corrected chi connectivity index (χ3v) is 3.44. The first-order valence-corrected chi connectivity index (χ1v) is 7.06. The molecule has 100 valence electrons. The van der Waals surface area contributed by atoms with Gasteiger partial charge in [-0.25, -0.2) is 4.79 Å². The highest BCUT2D eigenvalue weighted by Crippen LogP contribution is 2.34. The van der Waals surface area contributed by atoms with Crippen LogP contribution in [0.4, 0.5) is 9.93 Å². The number of aryl methyl sites for hydroxylation is 1. The molecule has 1 saturated carbocycles. The third kappa shape index (κ3) is 4.60. The number of nitrogens with one attached hydrogen (secondary N) is 1. The maximum absolute atomic E-state index is 11.5. The standard InChI is InChI=1S/C12H19N3O2S/c1-12(2,3)17-11(16)13-10-15-14-9(18-10)7-6-8-4-5-8/h8H,4-7H2,1-3H3,(H,13,15,16). The Morgan fingerprint density at radius 2 is 2.17 bits per heavy atom. The third-order valence-electron chi connectivity index (χ3n) is 2.54. The fourth-order valence-corrected chi connectivity index (χ4v) is 2.27. The normalized spacial score (nSPS) is 15.5. The van der Waals surface area contributed by atoms with E-state index in [2.05, 4.69) is 15.5 Å². The summed E-state index contributed by atoms with van der Waals surface area (Å²) < 4.78 is 5.15. The first-order valence-electron chi connectivity index (χ1n) is 6.25. The first-order chi connectivity index (χ1) is 8.42. The molecular weight excluding hydrogens is 250 g/mol. The summed E-state index contributed by atoms with van der Waals surface area (Å²) in [7, 11) is 0. The van der Waals surface area contributed by atoms with Gasteiger partial charge in [0, 0.05) is 6.42 Å². The Balaban J connectivity index is 1.79. The molecule has 0 aliphatic heterocycles. The summed E-state index contributed by atoms with van der Waals surface area (Å²) in [6.07, 6.45) is 4.36. The van der Waals surface area contributed by atoms with Crippen molar-refractivity contribution in [3.05, 3.63) is 5.01 Å². The molecule has 0 saturated heterocycles. The highest BCUT2D eigenvalue weighted by molar-refractivity contribution is 7.15. The number of hydrogen-bond acceptors (Lipinski definition) is 5. The molecule has 0 unspecified atom stereocenters. The van der Waals surface area contributed by atoms with Gasteiger partial charge in [0.2, 0.25) is 5.13 Å². The Morgan fingerprint density at radius 3 is 2.78 bits per heavy atom. The lowest BCUT2D eigenvalue weighted by molar-refractivity contribution is 0.0636. The molecule has 0 aromatic carbocycles. The molecule has 0 radical (unpaired) electrons. The quantitative estimate of drug-likeness (QED) is 0.911. The number of nitrogens with zero attached hydrogens (tertiary/aromatic N) is 2. The lowest BCUT2D eigenvalue weighted by atomic mass is 10.2. The van der Waals surface area contributed by atoms with Crippen LogP contribution in [0.2, 0.25) is 0 Å². The minimum atomic E-state index is -0.496. The summed E-state index contributed by atoms with van der Waals surface area (Å²) in [6.45, 7) is 5.48. The molecule has 1 aliphatic carbocycles. The van der Waals surface area contributed by atoms with Crippen LogP contribution in [0.1, 0.15) is 45.0 Å². The van der Waals surface area contributed by atoms with Crippen LogP contribution in [-0.4, -0.2) is 21.9 Å².